The van der Waals surface area contributed by atoms with Crippen LogP contribution in [0.4, 0.5) is 45.5 Å². The van der Waals surface area contributed by atoms with Crippen molar-refractivity contribution in [3.8, 4) is 33.4 Å². The van der Waals surface area contributed by atoms with Gasteiger partial charge in [-0.2, -0.15) is 0 Å². The summed E-state index contributed by atoms with van der Waals surface area (Å²) >= 11 is 0. The maximum absolute atomic E-state index is 2.87. The van der Waals surface area contributed by atoms with E-state index in [9.17, 15) is 0 Å². The molecule has 93 heavy (non-hydrogen) atoms. The maximum Gasteiger partial charge on any atom is 0.252 e. The standard InChI is InChI=1S/C89H92BN3/c1-82(2,3)60-39-42-74(63(47-60)57-32-22-18-23-33-57)91-77-53-68-67(84(7,8)55-85(68,9)10)51-72(77)90-73-52-69-70(87(13,14)66-37-27-26-36-65(66)86(69,11)12)54-78(73)92(75-43-40-61(83(4,5)6)48-64(75)58-34-24-19-25-35-58)80-50-62(49-79(91)81(80)90)93-76-41-38-59(56-30-20-17-21-31-56)46-71(76)88(15)44-28-29-45-89(88,93)16/h17-27,30-43,46-54H,28-29,44-45,55H2,1-16H3. The molecular weight excluding hydrogens is 1120 g/mol. The van der Waals surface area contributed by atoms with Crippen LogP contribution in [0.25, 0.3) is 33.4 Å². The molecule has 0 spiro atoms. The molecule has 4 heteroatoms. The molecule has 6 aliphatic rings. The zero-order valence-corrected chi connectivity index (χ0v) is 58.1. The first-order valence-electron chi connectivity index (χ1n) is 34.8. The minimum absolute atomic E-state index is 0.0463. The fourth-order valence-corrected chi connectivity index (χ4v) is 19.1. The molecule has 10 aromatic rings. The van der Waals surface area contributed by atoms with Crippen LogP contribution < -0.4 is 31.1 Å². The Bertz CT molecular complexity index is 4720. The molecule has 2 atom stereocenters. The highest BCUT2D eigenvalue weighted by Gasteiger charge is 2.59. The number of rotatable bonds is 6. The number of hydrogen-bond acceptors (Lipinski definition) is 3. The van der Waals surface area contributed by atoms with Crippen molar-refractivity contribution >= 4 is 68.6 Å². The molecule has 466 valence electrons. The van der Waals surface area contributed by atoms with Crippen LogP contribution in [0.2, 0.25) is 0 Å². The van der Waals surface area contributed by atoms with Crippen molar-refractivity contribution in [1.29, 1.82) is 0 Å². The molecule has 3 aliphatic carbocycles. The smallest absolute Gasteiger partial charge is 0.252 e. The van der Waals surface area contributed by atoms with E-state index in [2.05, 4.69) is 332 Å². The highest BCUT2D eigenvalue weighted by molar-refractivity contribution is 7.00. The summed E-state index contributed by atoms with van der Waals surface area (Å²) in [5.41, 5.74) is 33.0. The third kappa shape index (κ3) is 8.67. The lowest BCUT2D eigenvalue weighted by Crippen LogP contribution is -2.62. The van der Waals surface area contributed by atoms with Gasteiger partial charge in [-0.15, -0.1) is 0 Å². The monoisotopic (exact) mass is 1210 g/mol. The first-order chi connectivity index (χ1) is 44.1. The fraction of sp³-hybridized carbons (Fsp3) is 0.326. The lowest BCUT2D eigenvalue weighted by molar-refractivity contribution is 0.195. The highest BCUT2D eigenvalue weighted by atomic mass is 15.3. The first kappa shape index (κ1) is 59.7. The van der Waals surface area contributed by atoms with Gasteiger partial charge in [0.1, 0.15) is 0 Å². The molecule has 1 saturated carbocycles. The van der Waals surface area contributed by atoms with E-state index in [4.69, 9.17) is 0 Å². The minimum atomic E-state index is -0.295. The zero-order valence-electron chi connectivity index (χ0n) is 58.1. The predicted molar refractivity (Wildman–Crippen MR) is 398 cm³/mol. The van der Waals surface area contributed by atoms with E-state index >= 15 is 0 Å². The SMILES string of the molecule is CC(C)(C)c1ccc(N2c3cc4c(cc3B3c5cc6c(cc5N(c5ccc(C(C)(C)C)cc5-c5ccccc5)c5cc(N7c8ccc(-c9ccccc9)cc8C8(C)CCCCC78C)cc2c53)C(C)(C)c2ccccc2C6(C)C)C(C)(C)CC4(C)C)c(-c2ccccc2)c1. The molecule has 0 amide bonds. The molecule has 16 rings (SSSR count). The van der Waals surface area contributed by atoms with Crippen molar-refractivity contribution in [3.05, 3.63) is 256 Å². The summed E-state index contributed by atoms with van der Waals surface area (Å²) in [5, 5.41) is 0. The van der Waals surface area contributed by atoms with E-state index in [-0.39, 0.29) is 50.2 Å². The average molecular weight is 1210 g/mol. The van der Waals surface area contributed by atoms with Crippen LogP contribution in [0.15, 0.2) is 206 Å². The molecule has 2 unspecified atom stereocenters. The van der Waals surface area contributed by atoms with Gasteiger partial charge in [0.2, 0.25) is 0 Å². The third-order valence-corrected chi connectivity index (χ3v) is 24.1. The normalized spacial score (nSPS) is 20.6. The van der Waals surface area contributed by atoms with Crippen LogP contribution in [-0.2, 0) is 37.9 Å². The minimum Gasteiger partial charge on any atom is -0.334 e. The zero-order chi connectivity index (χ0) is 64.9. The van der Waals surface area contributed by atoms with Crippen molar-refractivity contribution in [2.45, 2.75) is 186 Å². The average Bonchev–Trinajstić information content (AvgIpc) is 1.59. The number of nitrogens with zero attached hydrogens (tertiary/aromatic N) is 3. The lowest BCUT2D eigenvalue weighted by Gasteiger charge is -2.51. The van der Waals surface area contributed by atoms with Crippen LogP contribution in [-0.4, -0.2) is 12.3 Å². The van der Waals surface area contributed by atoms with Gasteiger partial charge in [0, 0.05) is 61.5 Å². The van der Waals surface area contributed by atoms with Crippen LogP contribution in [0.1, 0.15) is 193 Å². The predicted octanol–water partition coefficient (Wildman–Crippen LogP) is 22.0. The molecule has 0 aromatic heterocycles. The van der Waals surface area contributed by atoms with Crippen molar-refractivity contribution in [1.82, 2.24) is 0 Å². The number of fused-ring (bicyclic) bond motifs is 10. The molecule has 3 aliphatic heterocycles. The fourth-order valence-electron chi connectivity index (χ4n) is 19.1. The second-order valence-corrected chi connectivity index (χ2v) is 33.6. The van der Waals surface area contributed by atoms with Crippen molar-refractivity contribution < 1.29 is 0 Å². The summed E-state index contributed by atoms with van der Waals surface area (Å²) in [6.45, 7) is 39.3. The molecule has 0 radical (unpaired) electrons. The van der Waals surface area contributed by atoms with Gasteiger partial charge < -0.3 is 14.7 Å². The van der Waals surface area contributed by atoms with E-state index in [1.165, 1.54) is 158 Å². The van der Waals surface area contributed by atoms with Gasteiger partial charge in [-0.25, -0.2) is 0 Å². The second-order valence-electron chi connectivity index (χ2n) is 33.6. The Balaban J connectivity index is 1.10. The number of hydrogen-bond donors (Lipinski definition) is 0. The van der Waals surface area contributed by atoms with E-state index in [0.29, 0.717) is 0 Å². The summed E-state index contributed by atoms with van der Waals surface area (Å²) in [6.07, 6.45) is 5.68. The quantitative estimate of drug-likeness (QED) is 0.154. The maximum atomic E-state index is 2.87. The molecule has 3 heterocycles. The summed E-state index contributed by atoms with van der Waals surface area (Å²) in [4.78, 5) is 8.44. The summed E-state index contributed by atoms with van der Waals surface area (Å²) in [6, 6.07) is 81.7. The Morgan fingerprint density at radius 1 is 0.344 bits per heavy atom. The number of benzene rings is 10. The largest absolute Gasteiger partial charge is 0.334 e. The molecule has 10 aromatic carbocycles. The third-order valence-electron chi connectivity index (χ3n) is 24.1. The highest BCUT2D eigenvalue weighted by Crippen LogP contribution is 2.64. The second kappa shape index (κ2) is 20.1. The van der Waals surface area contributed by atoms with E-state index in [1.807, 2.05) is 0 Å². The van der Waals surface area contributed by atoms with Gasteiger partial charge in [-0.3, -0.25) is 0 Å². The van der Waals surface area contributed by atoms with Gasteiger partial charge in [0.25, 0.3) is 6.71 Å². The van der Waals surface area contributed by atoms with Crippen molar-refractivity contribution in [3.63, 3.8) is 0 Å². The molecule has 0 saturated heterocycles. The van der Waals surface area contributed by atoms with Crippen LogP contribution >= 0.6 is 0 Å². The number of anilines is 8. The summed E-state index contributed by atoms with van der Waals surface area (Å²) in [5.74, 6) is 0. The van der Waals surface area contributed by atoms with Gasteiger partial charge in [0.05, 0.1) is 16.9 Å². The van der Waals surface area contributed by atoms with Crippen molar-refractivity contribution in [2.24, 2.45) is 0 Å². The Morgan fingerprint density at radius 2 is 0.774 bits per heavy atom. The molecule has 3 nitrogen and oxygen atoms in total. The Kier molecular flexibility index (Phi) is 12.9. The summed E-state index contributed by atoms with van der Waals surface area (Å²) in [7, 11) is 0. The molecular formula is C89H92BN3. The first-order valence-corrected chi connectivity index (χ1v) is 34.8. The van der Waals surface area contributed by atoms with E-state index in [0.717, 1.165) is 19.3 Å². The topological polar surface area (TPSA) is 9.72 Å². The van der Waals surface area contributed by atoms with Gasteiger partial charge in [-0.05, 0) is 197 Å². The van der Waals surface area contributed by atoms with Crippen LogP contribution in [0.3, 0.4) is 0 Å². The summed E-state index contributed by atoms with van der Waals surface area (Å²) < 4.78 is 0. The van der Waals surface area contributed by atoms with E-state index in [1.54, 1.807) is 0 Å². The van der Waals surface area contributed by atoms with Gasteiger partial charge in [-0.1, -0.05) is 262 Å². The van der Waals surface area contributed by atoms with Gasteiger partial charge in [0.15, 0.2) is 0 Å². The lowest BCUT2D eigenvalue weighted by atomic mass is 9.32. The molecule has 1 fully saturated rings. The van der Waals surface area contributed by atoms with Crippen molar-refractivity contribution in [2.75, 3.05) is 14.7 Å². The Labute approximate surface area is 556 Å². The van der Waals surface area contributed by atoms with Crippen LogP contribution in [0, 0.1) is 0 Å². The molecule has 0 bridgehead atoms. The van der Waals surface area contributed by atoms with E-state index < -0.39 is 0 Å². The Morgan fingerprint density at radius 3 is 1.28 bits per heavy atom. The molecule has 0 N–H and O–H groups in total. The van der Waals surface area contributed by atoms with Gasteiger partial charge >= 0.3 is 0 Å². The Hall–Kier alpha value is -8.34. The van der Waals surface area contributed by atoms with Crippen LogP contribution in [0.5, 0.6) is 0 Å².